The van der Waals surface area contributed by atoms with Gasteiger partial charge in [0.15, 0.2) is 25.2 Å². The second kappa shape index (κ2) is 34.1. The van der Waals surface area contributed by atoms with E-state index >= 15 is 0 Å². The lowest BCUT2D eigenvalue weighted by Crippen LogP contribution is -2.25. The number of ether oxygens (including phenoxy) is 7. The molecule has 0 saturated carbocycles. The molecule has 0 radical (unpaired) electrons. The molecule has 7 nitrogen and oxygen atoms in total. The summed E-state index contributed by atoms with van der Waals surface area (Å²) in [4.78, 5) is 0. The zero-order valence-electron chi connectivity index (χ0n) is 29.0. The van der Waals surface area contributed by atoms with E-state index in [1.807, 2.05) is 27.7 Å². The van der Waals surface area contributed by atoms with Crippen molar-refractivity contribution in [2.24, 2.45) is 0 Å². The van der Waals surface area contributed by atoms with Crippen molar-refractivity contribution in [1.82, 2.24) is 0 Å². The minimum atomic E-state index is -0.426. The van der Waals surface area contributed by atoms with Crippen LogP contribution in [0.25, 0.3) is 0 Å². The van der Waals surface area contributed by atoms with E-state index in [1.54, 1.807) is 0 Å². The lowest BCUT2D eigenvalue weighted by atomic mass is 10.2. The van der Waals surface area contributed by atoms with Crippen molar-refractivity contribution in [3.8, 4) is 0 Å². The minimum Gasteiger partial charge on any atom is -0.353 e. The highest BCUT2D eigenvalue weighted by molar-refractivity contribution is 4.89. The van der Waals surface area contributed by atoms with Gasteiger partial charge in [-0.1, -0.05) is 64.5 Å². The summed E-state index contributed by atoms with van der Waals surface area (Å²) in [5.74, 6) is 0. The summed E-state index contributed by atoms with van der Waals surface area (Å²) < 4.78 is 41.5. The van der Waals surface area contributed by atoms with E-state index in [0.717, 1.165) is 64.2 Å². The van der Waals surface area contributed by atoms with Gasteiger partial charge in [0.2, 0.25) is 0 Å². The van der Waals surface area contributed by atoms with E-state index in [2.05, 4.69) is 38.2 Å². The van der Waals surface area contributed by atoms with E-state index in [4.69, 9.17) is 33.2 Å². The van der Waals surface area contributed by atoms with Crippen LogP contribution in [0.2, 0.25) is 0 Å². The molecule has 43 heavy (non-hydrogen) atoms. The van der Waals surface area contributed by atoms with Crippen LogP contribution in [-0.4, -0.2) is 64.8 Å². The molecule has 0 aliphatic carbocycles. The van der Waals surface area contributed by atoms with E-state index in [0.29, 0.717) is 39.6 Å². The molecule has 0 heterocycles. The minimum absolute atomic E-state index is 0.0979. The molecule has 0 N–H and O–H groups in total. The van der Waals surface area contributed by atoms with Gasteiger partial charge in [-0.3, -0.25) is 0 Å². The van der Waals surface area contributed by atoms with Crippen LogP contribution < -0.4 is 0 Å². The molecule has 2 unspecified atom stereocenters. The zero-order chi connectivity index (χ0) is 31.6. The summed E-state index contributed by atoms with van der Waals surface area (Å²) in [6, 6.07) is 0. The molecule has 256 valence electrons. The number of rotatable bonds is 34. The first-order valence-electron chi connectivity index (χ1n) is 17.8. The summed E-state index contributed by atoms with van der Waals surface area (Å²) in [6.07, 6.45) is 24.8. The molecule has 0 aliphatic rings. The Morgan fingerprint density at radius 3 is 1.16 bits per heavy atom. The quantitative estimate of drug-likeness (QED) is 0.0406. The van der Waals surface area contributed by atoms with E-state index in [9.17, 15) is 0 Å². The Kier molecular flexibility index (Phi) is 33.4. The lowest BCUT2D eigenvalue weighted by molar-refractivity contribution is -0.208. The third-order valence-electron chi connectivity index (χ3n) is 6.95. The summed E-state index contributed by atoms with van der Waals surface area (Å²) >= 11 is 0. The van der Waals surface area contributed by atoms with Gasteiger partial charge in [0.25, 0.3) is 0 Å². The molecule has 0 fully saturated rings. The van der Waals surface area contributed by atoms with Gasteiger partial charge in [0.1, 0.15) is 0 Å². The number of allylic oxidation sites excluding steroid dienone is 2. The van der Waals surface area contributed by atoms with Gasteiger partial charge in [0.05, 0.1) is 13.2 Å². The highest BCUT2D eigenvalue weighted by Crippen LogP contribution is 2.14. The van der Waals surface area contributed by atoms with Gasteiger partial charge in [-0.2, -0.15) is 0 Å². The lowest BCUT2D eigenvalue weighted by Gasteiger charge is -2.22. The largest absolute Gasteiger partial charge is 0.353 e. The Bertz CT molecular complexity index is 536. The molecular weight excluding hydrogens is 544 g/mol. The predicted octanol–water partition coefficient (Wildman–Crippen LogP) is 9.88. The molecule has 7 heteroatoms. The Labute approximate surface area is 266 Å². The third-order valence-corrected chi connectivity index (χ3v) is 6.95. The van der Waals surface area contributed by atoms with Crippen molar-refractivity contribution in [3.63, 3.8) is 0 Å². The predicted molar refractivity (Wildman–Crippen MR) is 178 cm³/mol. The van der Waals surface area contributed by atoms with Crippen LogP contribution in [0, 0.1) is 0 Å². The first-order valence-corrected chi connectivity index (χ1v) is 17.8. The Hall–Kier alpha value is -0.800. The van der Waals surface area contributed by atoms with Gasteiger partial charge in [-0.25, -0.2) is 0 Å². The van der Waals surface area contributed by atoms with Gasteiger partial charge in [-0.05, 0) is 104 Å². The fourth-order valence-electron chi connectivity index (χ4n) is 4.60. The van der Waals surface area contributed by atoms with Crippen LogP contribution in [0.3, 0.4) is 0 Å². The molecule has 0 bridgehead atoms. The smallest absolute Gasteiger partial charge is 0.180 e. The summed E-state index contributed by atoms with van der Waals surface area (Å²) in [5, 5.41) is 0. The van der Waals surface area contributed by atoms with Crippen LogP contribution in [0.4, 0.5) is 0 Å². The highest BCUT2D eigenvalue weighted by Gasteiger charge is 2.14. The molecule has 2 atom stereocenters. The monoisotopic (exact) mass is 615 g/mol. The normalized spacial score (nSPS) is 13.8. The summed E-state index contributed by atoms with van der Waals surface area (Å²) in [7, 11) is 0. The molecular formula is C36H70O7. The van der Waals surface area contributed by atoms with Crippen LogP contribution in [0.1, 0.15) is 144 Å². The van der Waals surface area contributed by atoms with Gasteiger partial charge >= 0.3 is 0 Å². The standard InChI is InChI=1S/C36H70O7/c1-7-13-15-25-31-41-35(29-23-19-17-21-27-33(37-9-3)38-10-4)43-36(42-32-26-16-14-8-2)30-24-20-18-22-28-34(39-11-5)40-12-6/h23-24,29-30,33-36H,7-22,25-28,31-32H2,1-6H3. The second-order valence-electron chi connectivity index (χ2n) is 10.8. The van der Waals surface area contributed by atoms with Gasteiger partial charge < -0.3 is 33.2 Å². The van der Waals surface area contributed by atoms with E-state index in [1.165, 1.54) is 38.5 Å². The van der Waals surface area contributed by atoms with E-state index in [-0.39, 0.29) is 12.6 Å². The maximum Gasteiger partial charge on any atom is 0.180 e. The molecule has 0 spiro atoms. The molecule has 0 rings (SSSR count). The zero-order valence-corrected chi connectivity index (χ0v) is 29.0. The highest BCUT2D eigenvalue weighted by atomic mass is 16.8. The van der Waals surface area contributed by atoms with Crippen molar-refractivity contribution < 1.29 is 33.2 Å². The number of hydrogen-bond donors (Lipinski definition) is 0. The van der Waals surface area contributed by atoms with E-state index < -0.39 is 12.6 Å². The van der Waals surface area contributed by atoms with Crippen LogP contribution in [0.5, 0.6) is 0 Å². The van der Waals surface area contributed by atoms with Crippen LogP contribution in [-0.2, 0) is 33.2 Å². The van der Waals surface area contributed by atoms with Crippen LogP contribution >= 0.6 is 0 Å². The van der Waals surface area contributed by atoms with Crippen molar-refractivity contribution in [2.75, 3.05) is 39.6 Å². The maximum atomic E-state index is 6.38. The maximum absolute atomic E-state index is 6.38. The fraction of sp³-hybridized carbons (Fsp3) is 0.889. The molecule has 0 saturated heterocycles. The van der Waals surface area contributed by atoms with Gasteiger partial charge in [-0.15, -0.1) is 0 Å². The molecule has 0 aromatic heterocycles. The van der Waals surface area contributed by atoms with Crippen molar-refractivity contribution in [1.29, 1.82) is 0 Å². The van der Waals surface area contributed by atoms with Gasteiger partial charge in [0, 0.05) is 26.4 Å². The average molecular weight is 615 g/mol. The second-order valence-corrected chi connectivity index (χ2v) is 10.8. The molecule has 0 aromatic carbocycles. The van der Waals surface area contributed by atoms with Crippen LogP contribution in [0.15, 0.2) is 24.3 Å². The topological polar surface area (TPSA) is 64.6 Å². The fourth-order valence-corrected chi connectivity index (χ4v) is 4.60. The first-order chi connectivity index (χ1) is 21.1. The SMILES string of the molecule is CCCCCCOC(C=CCCCCC(OCC)OCC)OC(C=CCCCCC(OCC)OCC)OCCCCCC. The summed E-state index contributed by atoms with van der Waals surface area (Å²) in [6.45, 7) is 16.6. The molecule has 0 aromatic rings. The first kappa shape index (κ1) is 42.2. The van der Waals surface area contributed by atoms with Crippen molar-refractivity contribution in [3.05, 3.63) is 24.3 Å². The van der Waals surface area contributed by atoms with Crippen molar-refractivity contribution >= 4 is 0 Å². The molecule has 0 amide bonds. The third kappa shape index (κ3) is 28.4. The average Bonchev–Trinajstić information content (AvgIpc) is 3.00. The summed E-state index contributed by atoms with van der Waals surface area (Å²) in [5.41, 5.74) is 0. The Morgan fingerprint density at radius 1 is 0.419 bits per heavy atom. The van der Waals surface area contributed by atoms with Crippen molar-refractivity contribution in [2.45, 2.75) is 169 Å². The Morgan fingerprint density at radius 2 is 0.814 bits per heavy atom. The number of hydrogen-bond acceptors (Lipinski definition) is 7. The Balaban J connectivity index is 5.01. The molecule has 0 aliphatic heterocycles. The number of unbranched alkanes of at least 4 members (excludes halogenated alkanes) is 10.